The lowest BCUT2D eigenvalue weighted by Gasteiger charge is -2.06. The highest BCUT2D eigenvalue weighted by atomic mass is 19.1. The van der Waals surface area contributed by atoms with E-state index in [1.165, 1.54) is 10.7 Å². The van der Waals surface area contributed by atoms with Crippen LogP contribution >= 0.6 is 0 Å². The summed E-state index contributed by atoms with van der Waals surface area (Å²) in [6.45, 7) is 0. The molecule has 1 heterocycles. The number of nitrogens with one attached hydrogen (secondary N) is 1. The summed E-state index contributed by atoms with van der Waals surface area (Å²) in [6.07, 6.45) is 1.62. The minimum Gasteiger partial charge on any atom is -0.373 e. The van der Waals surface area contributed by atoms with Crippen LogP contribution in [0.3, 0.4) is 0 Å². The van der Waals surface area contributed by atoms with E-state index in [0.29, 0.717) is 5.69 Å². The van der Waals surface area contributed by atoms with Gasteiger partial charge >= 0.3 is 0 Å². The van der Waals surface area contributed by atoms with E-state index in [9.17, 15) is 4.39 Å². The summed E-state index contributed by atoms with van der Waals surface area (Å²) < 4.78 is 14.9. The molecular formula is C10H10FN3. The molecule has 0 spiro atoms. The fourth-order valence-corrected chi connectivity index (χ4v) is 1.31. The average molecular weight is 191 g/mol. The van der Waals surface area contributed by atoms with Crippen molar-refractivity contribution in [2.24, 2.45) is 0 Å². The van der Waals surface area contributed by atoms with Crippen molar-refractivity contribution in [3.63, 3.8) is 0 Å². The molecule has 1 N–H and O–H groups in total. The van der Waals surface area contributed by atoms with Gasteiger partial charge in [0.2, 0.25) is 0 Å². The molecule has 0 fully saturated rings. The van der Waals surface area contributed by atoms with Gasteiger partial charge in [-0.2, -0.15) is 5.10 Å². The third-order valence-corrected chi connectivity index (χ3v) is 1.98. The van der Waals surface area contributed by atoms with E-state index < -0.39 is 0 Å². The lowest BCUT2D eigenvalue weighted by atomic mass is 10.3. The minimum atomic E-state index is -0.285. The molecule has 0 radical (unpaired) electrons. The molecule has 0 saturated carbocycles. The molecule has 72 valence electrons. The summed E-state index contributed by atoms with van der Waals surface area (Å²) in [5, 5.41) is 6.97. The van der Waals surface area contributed by atoms with Crippen LogP contribution in [0.15, 0.2) is 36.5 Å². The summed E-state index contributed by atoms with van der Waals surface area (Å²) in [7, 11) is 1.77. The van der Waals surface area contributed by atoms with Crippen LogP contribution in [0.1, 0.15) is 0 Å². The van der Waals surface area contributed by atoms with Gasteiger partial charge in [-0.1, -0.05) is 12.1 Å². The van der Waals surface area contributed by atoms with Gasteiger partial charge in [-0.15, -0.1) is 0 Å². The lowest BCUT2D eigenvalue weighted by molar-refractivity contribution is 0.611. The topological polar surface area (TPSA) is 29.9 Å². The van der Waals surface area contributed by atoms with E-state index in [2.05, 4.69) is 10.4 Å². The number of benzene rings is 1. The maximum atomic E-state index is 13.4. The van der Waals surface area contributed by atoms with Crippen LogP contribution < -0.4 is 5.32 Å². The highest BCUT2D eigenvalue weighted by molar-refractivity contribution is 5.44. The standard InChI is InChI=1S/C10H10FN3/c1-12-10-6-7-13-14(10)9-5-3-2-4-8(9)11/h2-7,12H,1H3. The van der Waals surface area contributed by atoms with E-state index in [1.807, 2.05) is 0 Å². The molecule has 0 unspecified atom stereocenters. The first-order valence-electron chi connectivity index (χ1n) is 4.29. The Labute approximate surface area is 81.2 Å². The Kier molecular flexibility index (Phi) is 2.18. The molecule has 3 nitrogen and oxygen atoms in total. The van der Waals surface area contributed by atoms with Crippen molar-refractivity contribution in [3.8, 4) is 5.69 Å². The summed E-state index contributed by atoms with van der Waals surface area (Å²) >= 11 is 0. The van der Waals surface area contributed by atoms with Crippen LogP contribution in [0.5, 0.6) is 0 Å². The Morgan fingerprint density at radius 1 is 1.29 bits per heavy atom. The quantitative estimate of drug-likeness (QED) is 0.787. The van der Waals surface area contributed by atoms with Crippen molar-refractivity contribution in [1.29, 1.82) is 0 Å². The molecule has 1 aromatic heterocycles. The average Bonchev–Trinajstić information content (AvgIpc) is 2.66. The first-order valence-corrected chi connectivity index (χ1v) is 4.29. The number of rotatable bonds is 2. The van der Waals surface area contributed by atoms with Crippen LogP contribution in [0.2, 0.25) is 0 Å². The predicted molar refractivity (Wildman–Crippen MR) is 53.1 cm³/mol. The summed E-state index contributed by atoms with van der Waals surface area (Å²) in [4.78, 5) is 0. The van der Waals surface area contributed by atoms with Crippen LogP contribution in [0.25, 0.3) is 5.69 Å². The molecule has 0 amide bonds. The second-order valence-electron chi connectivity index (χ2n) is 2.83. The Morgan fingerprint density at radius 3 is 2.79 bits per heavy atom. The normalized spacial score (nSPS) is 10.1. The Bertz CT molecular complexity index is 436. The van der Waals surface area contributed by atoms with Gasteiger partial charge in [-0.05, 0) is 12.1 Å². The van der Waals surface area contributed by atoms with Crippen LogP contribution in [-0.2, 0) is 0 Å². The lowest BCUT2D eigenvalue weighted by Crippen LogP contribution is -2.03. The second kappa shape index (κ2) is 3.49. The van der Waals surface area contributed by atoms with Gasteiger partial charge in [0.05, 0.1) is 6.20 Å². The van der Waals surface area contributed by atoms with Crippen molar-refractivity contribution in [1.82, 2.24) is 9.78 Å². The molecule has 0 bridgehead atoms. The van der Waals surface area contributed by atoms with Gasteiger partial charge in [-0.25, -0.2) is 9.07 Å². The van der Waals surface area contributed by atoms with Gasteiger partial charge < -0.3 is 5.32 Å². The number of anilines is 1. The molecular weight excluding hydrogens is 181 g/mol. The minimum absolute atomic E-state index is 0.285. The molecule has 1 aromatic carbocycles. The van der Waals surface area contributed by atoms with Gasteiger partial charge in [0.25, 0.3) is 0 Å². The Hall–Kier alpha value is -1.84. The largest absolute Gasteiger partial charge is 0.373 e. The molecule has 0 aliphatic carbocycles. The van der Waals surface area contributed by atoms with E-state index in [4.69, 9.17) is 0 Å². The fourth-order valence-electron chi connectivity index (χ4n) is 1.31. The highest BCUT2D eigenvalue weighted by Crippen LogP contribution is 2.16. The zero-order valence-corrected chi connectivity index (χ0v) is 7.74. The van der Waals surface area contributed by atoms with Crippen molar-refractivity contribution in [2.75, 3.05) is 12.4 Å². The van der Waals surface area contributed by atoms with E-state index in [0.717, 1.165) is 5.82 Å². The second-order valence-corrected chi connectivity index (χ2v) is 2.83. The Balaban J connectivity index is 2.54. The van der Waals surface area contributed by atoms with E-state index >= 15 is 0 Å². The van der Waals surface area contributed by atoms with Crippen molar-refractivity contribution in [2.45, 2.75) is 0 Å². The molecule has 0 aliphatic heterocycles. The summed E-state index contributed by atoms with van der Waals surface area (Å²) in [6, 6.07) is 8.31. The number of halogens is 1. The third-order valence-electron chi connectivity index (χ3n) is 1.98. The molecule has 0 saturated heterocycles. The van der Waals surface area contributed by atoms with Gasteiger partial charge in [0.1, 0.15) is 17.3 Å². The summed E-state index contributed by atoms with van der Waals surface area (Å²) in [5.41, 5.74) is 0.446. The first-order chi connectivity index (χ1) is 6.83. The Morgan fingerprint density at radius 2 is 2.07 bits per heavy atom. The number of hydrogen-bond acceptors (Lipinski definition) is 2. The zero-order valence-electron chi connectivity index (χ0n) is 7.74. The molecule has 2 aromatic rings. The molecule has 0 aliphatic rings. The first kappa shape index (κ1) is 8.74. The van der Waals surface area contributed by atoms with Gasteiger partial charge in [0, 0.05) is 13.1 Å². The molecule has 0 atom stereocenters. The zero-order chi connectivity index (χ0) is 9.97. The molecule has 2 rings (SSSR count). The fraction of sp³-hybridized carbons (Fsp3) is 0.100. The SMILES string of the molecule is CNc1ccnn1-c1ccccc1F. The van der Waals surface area contributed by atoms with Crippen LogP contribution in [0, 0.1) is 5.82 Å². The monoisotopic (exact) mass is 191 g/mol. The van der Waals surface area contributed by atoms with Gasteiger partial charge in [0.15, 0.2) is 0 Å². The van der Waals surface area contributed by atoms with E-state index in [1.54, 1.807) is 37.5 Å². The smallest absolute Gasteiger partial charge is 0.148 e. The van der Waals surface area contributed by atoms with Crippen molar-refractivity contribution < 1.29 is 4.39 Å². The van der Waals surface area contributed by atoms with Crippen LogP contribution in [-0.4, -0.2) is 16.8 Å². The third kappa shape index (κ3) is 1.35. The number of aromatic nitrogens is 2. The number of nitrogens with zero attached hydrogens (tertiary/aromatic N) is 2. The van der Waals surface area contributed by atoms with Gasteiger partial charge in [-0.3, -0.25) is 0 Å². The maximum absolute atomic E-state index is 13.4. The molecule has 14 heavy (non-hydrogen) atoms. The number of para-hydroxylation sites is 1. The van der Waals surface area contributed by atoms with Crippen molar-refractivity contribution in [3.05, 3.63) is 42.3 Å². The predicted octanol–water partition coefficient (Wildman–Crippen LogP) is 2.05. The highest BCUT2D eigenvalue weighted by Gasteiger charge is 2.06. The molecule has 4 heteroatoms. The van der Waals surface area contributed by atoms with Crippen molar-refractivity contribution >= 4 is 5.82 Å². The van der Waals surface area contributed by atoms with E-state index in [-0.39, 0.29) is 5.82 Å². The van der Waals surface area contributed by atoms with Crippen LogP contribution in [0.4, 0.5) is 10.2 Å². The summed E-state index contributed by atoms with van der Waals surface area (Å²) in [5.74, 6) is 0.475. The number of hydrogen-bond donors (Lipinski definition) is 1. The maximum Gasteiger partial charge on any atom is 0.148 e.